The van der Waals surface area contributed by atoms with Gasteiger partial charge in [0, 0.05) is 6.54 Å². The van der Waals surface area contributed by atoms with Gasteiger partial charge in [0.2, 0.25) is 0 Å². The number of hydrogen-bond donors (Lipinski definition) is 1. The minimum atomic E-state index is -0.465. The summed E-state index contributed by atoms with van der Waals surface area (Å²) in [5.41, 5.74) is 2.19. The first kappa shape index (κ1) is 16.8. The fraction of sp³-hybridized carbons (Fsp3) is 0.611. The molecule has 1 aliphatic heterocycles. The highest BCUT2D eigenvalue weighted by atomic mass is 16.5. The molecule has 0 aromatic heterocycles. The van der Waals surface area contributed by atoms with Crippen molar-refractivity contribution in [1.29, 1.82) is 0 Å². The van der Waals surface area contributed by atoms with Crippen LogP contribution in [-0.4, -0.2) is 43.1 Å². The number of benzene rings is 1. The van der Waals surface area contributed by atoms with Crippen LogP contribution >= 0.6 is 0 Å². The van der Waals surface area contributed by atoms with E-state index in [0.29, 0.717) is 0 Å². The summed E-state index contributed by atoms with van der Waals surface area (Å²) in [7, 11) is 0. The molecule has 0 unspecified atom stereocenters. The second-order valence-electron chi connectivity index (χ2n) is 6.22. The van der Waals surface area contributed by atoms with E-state index in [4.69, 9.17) is 4.74 Å². The molecule has 1 heterocycles. The Morgan fingerprint density at radius 3 is 2.77 bits per heavy atom. The molecule has 1 aliphatic rings. The van der Waals surface area contributed by atoms with Crippen LogP contribution in [0.5, 0.6) is 5.75 Å². The monoisotopic (exact) mass is 304 g/mol. The van der Waals surface area contributed by atoms with E-state index in [1.165, 1.54) is 25.9 Å². The maximum absolute atomic E-state index is 12.1. The predicted molar refractivity (Wildman–Crippen MR) is 89.3 cm³/mol. The Morgan fingerprint density at radius 2 is 2.05 bits per heavy atom. The number of aryl methyl sites for hydroxylation is 2. The Morgan fingerprint density at radius 1 is 1.32 bits per heavy atom. The minimum Gasteiger partial charge on any atom is -0.481 e. The lowest BCUT2D eigenvalue weighted by Gasteiger charge is -2.18. The lowest BCUT2D eigenvalue weighted by atomic mass is 10.1. The molecule has 4 nitrogen and oxygen atoms in total. The summed E-state index contributed by atoms with van der Waals surface area (Å²) in [6.45, 7) is 10.0. The first-order valence-electron chi connectivity index (χ1n) is 8.30. The number of hydrogen-bond acceptors (Lipinski definition) is 3. The van der Waals surface area contributed by atoms with Gasteiger partial charge in [-0.2, -0.15) is 0 Å². The molecule has 1 amide bonds. The smallest absolute Gasteiger partial charge is 0.260 e. The maximum Gasteiger partial charge on any atom is 0.260 e. The van der Waals surface area contributed by atoms with Crippen LogP contribution in [0.25, 0.3) is 0 Å². The van der Waals surface area contributed by atoms with Crippen LogP contribution in [-0.2, 0) is 4.79 Å². The Labute approximate surface area is 133 Å². The zero-order chi connectivity index (χ0) is 15.9. The minimum absolute atomic E-state index is 0.0395. The number of carbonyl (C=O) groups excluding carboxylic acids is 1. The van der Waals surface area contributed by atoms with Crippen LogP contribution in [0, 0.1) is 13.8 Å². The van der Waals surface area contributed by atoms with E-state index < -0.39 is 6.10 Å². The molecule has 0 radical (unpaired) electrons. The van der Waals surface area contributed by atoms with Gasteiger partial charge in [-0.05, 0) is 76.9 Å². The molecule has 1 N–H and O–H groups in total. The van der Waals surface area contributed by atoms with Gasteiger partial charge in [-0.15, -0.1) is 0 Å². The van der Waals surface area contributed by atoms with E-state index in [1.54, 1.807) is 6.92 Å². The highest BCUT2D eigenvalue weighted by Gasteiger charge is 2.16. The second-order valence-corrected chi connectivity index (χ2v) is 6.22. The number of rotatable bonds is 7. The highest BCUT2D eigenvalue weighted by molar-refractivity contribution is 5.80. The van der Waals surface area contributed by atoms with Crippen molar-refractivity contribution in [3.8, 4) is 5.75 Å². The number of amides is 1. The average molecular weight is 304 g/mol. The SMILES string of the molecule is Cc1ccc(C)c(O[C@@H](C)C(=O)NCCCN2CCCC2)c1. The topological polar surface area (TPSA) is 41.6 Å². The molecule has 1 atom stereocenters. The van der Waals surface area contributed by atoms with Gasteiger partial charge in [-0.3, -0.25) is 4.79 Å². The molecule has 122 valence electrons. The van der Waals surface area contributed by atoms with E-state index in [0.717, 1.165) is 36.4 Å². The third-order valence-corrected chi connectivity index (χ3v) is 4.17. The van der Waals surface area contributed by atoms with E-state index in [9.17, 15) is 4.79 Å². The zero-order valence-corrected chi connectivity index (χ0v) is 14.0. The molecule has 0 aliphatic carbocycles. The van der Waals surface area contributed by atoms with E-state index in [-0.39, 0.29) is 5.91 Å². The largest absolute Gasteiger partial charge is 0.481 e. The lowest BCUT2D eigenvalue weighted by molar-refractivity contribution is -0.127. The summed E-state index contributed by atoms with van der Waals surface area (Å²) in [5, 5.41) is 2.97. The third kappa shape index (κ3) is 5.02. The summed E-state index contributed by atoms with van der Waals surface area (Å²) >= 11 is 0. The molecular formula is C18H28N2O2. The van der Waals surface area contributed by atoms with Crippen LogP contribution < -0.4 is 10.1 Å². The fourth-order valence-corrected chi connectivity index (χ4v) is 2.74. The van der Waals surface area contributed by atoms with Crippen molar-refractivity contribution in [3.05, 3.63) is 29.3 Å². The van der Waals surface area contributed by atoms with Gasteiger partial charge in [0.15, 0.2) is 6.10 Å². The van der Waals surface area contributed by atoms with Crippen molar-refractivity contribution < 1.29 is 9.53 Å². The molecule has 1 fully saturated rings. The van der Waals surface area contributed by atoms with E-state index >= 15 is 0 Å². The molecule has 2 rings (SSSR count). The molecule has 1 aromatic carbocycles. The van der Waals surface area contributed by atoms with Crippen LogP contribution in [0.1, 0.15) is 37.3 Å². The fourth-order valence-electron chi connectivity index (χ4n) is 2.74. The standard InChI is InChI=1S/C18H28N2O2/c1-14-7-8-15(2)17(13-14)22-16(3)18(21)19-9-6-12-20-10-4-5-11-20/h7-8,13,16H,4-6,9-12H2,1-3H3,(H,19,21)/t16-/m0/s1. The molecule has 1 aromatic rings. The molecule has 0 bridgehead atoms. The van der Waals surface area contributed by atoms with Crippen LogP contribution in [0.4, 0.5) is 0 Å². The first-order chi connectivity index (χ1) is 10.6. The number of carbonyl (C=O) groups is 1. The van der Waals surface area contributed by atoms with Crippen LogP contribution in [0.3, 0.4) is 0 Å². The normalized spacial score (nSPS) is 16.5. The molecule has 0 saturated carbocycles. The number of nitrogens with one attached hydrogen (secondary N) is 1. The average Bonchev–Trinajstić information content (AvgIpc) is 3.00. The van der Waals surface area contributed by atoms with Crippen molar-refractivity contribution in [2.24, 2.45) is 0 Å². The van der Waals surface area contributed by atoms with Gasteiger partial charge < -0.3 is 15.0 Å². The van der Waals surface area contributed by atoms with E-state index in [2.05, 4.69) is 10.2 Å². The summed E-state index contributed by atoms with van der Waals surface area (Å²) in [6, 6.07) is 6.04. The van der Waals surface area contributed by atoms with Crippen molar-refractivity contribution >= 4 is 5.91 Å². The summed E-state index contributed by atoms with van der Waals surface area (Å²) in [4.78, 5) is 14.6. The van der Waals surface area contributed by atoms with Crippen molar-refractivity contribution in [2.75, 3.05) is 26.2 Å². The maximum atomic E-state index is 12.1. The number of ether oxygens (including phenoxy) is 1. The number of likely N-dealkylation sites (tertiary alicyclic amines) is 1. The Kier molecular flexibility index (Phi) is 6.25. The molecule has 0 spiro atoms. The second kappa shape index (κ2) is 8.18. The predicted octanol–water partition coefficient (Wildman–Crippen LogP) is 2.67. The molecule has 4 heteroatoms. The summed E-state index contributed by atoms with van der Waals surface area (Å²) in [5.74, 6) is 0.752. The van der Waals surface area contributed by atoms with Gasteiger partial charge >= 0.3 is 0 Å². The van der Waals surface area contributed by atoms with Gasteiger partial charge in [-0.25, -0.2) is 0 Å². The van der Waals surface area contributed by atoms with Gasteiger partial charge in [0.1, 0.15) is 5.75 Å². The highest BCUT2D eigenvalue weighted by Crippen LogP contribution is 2.20. The third-order valence-electron chi connectivity index (χ3n) is 4.17. The first-order valence-corrected chi connectivity index (χ1v) is 8.30. The Hall–Kier alpha value is -1.55. The summed E-state index contributed by atoms with van der Waals surface area (Å²) in [6.07, 6.45) is 3.16. The van der Waals surface area contributed by atoms with Crippen LogP contribution in [0.15, 0.2) is 18.2 Å². The molecule has 1 saturated heterocycles. The Bertz CT molecular complexity index is 496. The van der Waals surface area contributed by atoms with Crippen LogP contribution in [0.2, 0.25) is 0 Å². The quantitative estimate of drug-likeness (QED) is 0.788. The summed E-state index contributed by atoms with van der Waals surface area (Å²) < 4.78 is 5.80. The van der Waals surface area contributed by atoms with Gasteiger partial charge in [0.25, 0.3) is 5.91 Å². The molecular weight excluding hydrogens is 276 g/mol. The molecule has 22 heavy (non-hydrogen) atoms. The zero-order valence-electron chi connectivity index (χ0n) is 14.0. The van der Waals surface area contributed by atoms with Gasteiger partial charge in [-0.1, -0.05) is 12.1 Å². The Balaban J connectivity index is 1.71. The van der Waals surface area contributed by atoms with Crippen molar-refractivity contribution in [1.82, 2.24) is 10.2 Å². The van der Waals surface area contributed by atoms with E-state index in [1.807, 2.05) is 32.0 Å². The van der Waals surface area contributed by atoms with Crippen molar-refractivity contribution in [2.45, 2.75) is 46.1 Å². The number of nitrogens with zero attached hydrogens (tertiary/aromatic N) is 1. The van der Waals surface area contributed by atoms with Gasteiger partial charge in [0.05, 0.1) is 0 Å². The van der Waals surface area contributed by atoms with Crippen molar-refractivity contribution in [3.63, 3.8) is 0 Å². The lowest BCUT2D eigenvalue weighted by Crippen LogP contribution is -2.37.